The monoisotopic (exact) mass is 1250 g/mol. The number of benzene rings is 4. The molecule has 3 aliphatic heterocycles. The van der Waals surface area contributed by atoms with Crippen LogP contribution in [0.25, 0.3) is 0 Å². The van der Waals surface area contributed by atoms with Crippen LogP contribution in [-0.4, -0.2) is 134 Å². The highest BCUT2D eigenvalue weighted by Gasteiger charge is 2.35. The molecule has 504 valence electrons. The van der Waals surface area contributed by atoms with Gasteiger partial charge in [0, 0.05) is 92.4 Å². The van der Waals surface area contributed by atoms with Crippen LogP contribution in [0.2, 0.25) is 0 Å². The van der Waals surface area contributed by atoms with Gasteiger partial charge >= 0.3 is 0 Å². The summed E-state index contributed by atoms with van der Waals surface area (Å²) in [4.78, 5) is 0. The molecule has 0 aromatic heterocycles. The lowest BCUT2D eigenvalue weighted by Gasteiger charge is -2.32. The fourth-order valence-corrected chi connectivity index (χ4v) is 13.4. The van der Waals surface area contributed by atoms with Crippen molar-refractivity contribution < 1.29 is 66.3 Å². The Morgan fingerprint density at radius 1 is 0.244 bits per heavy atom. The van der Waals surface area contributed by atoms with Gasteiger partial charge in [-0.1, -0.05) is 156 Å². The Balaban J connectivity index is 1.66. The maximum atomic E-state index is 7.10. The van der Waals surface area contributed by atoms with E-state index in [9.17, 15) is 0 Å². The van der Waals surface area contributed by atoms with Crippen LogP contribution >= 0.6 is 0 Å². The molecule has 1 aliphatic carbocycles. The Bertz CT molecular complexity index is 2420. The average Bonchev–Trinajstić information content (AvgIpc) is 0.782. The van der Waals surface area contributed by atoms with E-state index >= 15 is 0 Å². The van der Waals surface area contributed by atoms with E-state index in [1.807, 2.05) is 0 Å². The van der Waals surface area contributed by atoms with Crippen molar-refractivity contribution in [2.75, 3.05) is 134 Å². The summed E-state index contributed by atoms with van der Waals surface area (Å²) in [5.41, 5.74) is 8.68. The molecule has 0 saturated carbocycles. The second-order valence-electron chi connectivity index (χ2n) is 24.6. The highest BCUT2D eigenvalue weighted by atomic mass is 16.6. The van der Waals surface area contributed by atoms with E-state index in [-0.39, 0.29) is 23.7 Å². The fraction of sp³-hybridized carbons (Fsp3) is 0.684. The van der Waals surface area contributed by atoms with Crippen molar-refractivity contribution in [3.63, 3.8) is 0 Å². The molecule has 4 aromatic carbocycles. The lowest BCUT2D eigenvalue weighted by Crippen LogP contribution is -2.18. The minimum absolute atomic E-state index is 0.178. The van der Waals surface area contributed by atoms with Crippen molar-refractivity contribution in [1.82, 2.24) is 0 Å². The number of rotatable bonds is 28. The van der Waals surface area contributed by atoms with E-state index in [0.29, 0.717) is 106 Å². The van der Waals surface area contributed by atoms with Gasteiger partial charge in [-0.3, -0.25) is 0 Å². The number of fused-ring (bicyclic) bond motifs is 15. The van der Waals surface area contributed by atoms with E-state index in [1.54, 1.807) is 28.4 Å². The van der Waals surface area contributed by atoms with Crippen molar-refractivity contribution in [1.29, 1.82) is 0 Å². The summed E-state index contributed by atoms with van der Waals surface area (Å²) in [6.45, 7) is 15.6. The molecule has 14 heteroatoms. The summed E-state index contributed by atoms with van der Waals surface area (Å²) < 4.78 is 91.9. The first-order valence-electron chi connectivity index (χ1n) is 35.3. The van der Waals surface area contributed by atoms with Gasteiger partial charge in [0.2, 0.25) is 0 Å². The minimum Gasteiger partial charge on any atom is -0.496 e. The number of hydrogen-bond acceptors (Lipinski definition) is 14. The van der Waals surface area contributed by atoms with Crippen LogP contribution in [0.5, 0.6) is 46.0 Å². The minimum atomic E-state index is -0.182. The maximum Gasteiger partial charge on any atom is 0.126 e. The molecule has 4 unspecified atom stereocenters. The van der Waals surface area contributed by atoms with Gasteiger partial charge in [0.15, 0.2) is 0 Å². The number of unbranched alkanes of at least 4 members (excludes halogenated alkanes) is 16. The summed E-state index contributed by atoms with van der Waals surface area (Å²) in [6, 6.07) is 18.4. The first-order chi connectivity index (χ1) is 44.4. The lowest BCUT2D eigenvalue weighted by atomic mass is 9.76. The molecule has 0 radical (unpaired) electrons. The van der Waals surface area contributed by atoms with Gasteiger partial charge < -0.3 is 66.3 Å². The summed E-state index contributed by atoms with van der Waals surface area (Å²) in [5, 5.41) is 0. The highest BCUT2D eigenvalue weighted by Crippen LogP contribution is 2.54. The highest BCUT2D eigenvalue weighted by molar-refractivity contribution is 5.63. The van der Waals surface area contributed by atoms with Gasteiger partial charge in [-0.2, -0.15) is 0 Å². The largest absolute Gasteiger partial charge is 0.496 e. The molecule has 4 aromatic rings. The lowest BCUT2D eigenvalue weighted by molar-refractivity contribution is 0.00483. The standard InChI is InChI=1S/C76H116O14/c1-9-13-17-21-25-29-57-61-49-67-60(32-28-24-20-16-12-4)64-52-66-58(30-26-22-18-14-10-2)62-50-68(76(54-70(62)78-6)90-48-44-86-40-36-82-34-38-84-42-46-88-74(66)56-72(64)80-8)59(31-27-23-19-15-11-3)63-51-65(57)73(55-71(63)79-7)87-45-41-83-37-33-81-35-39-85-43-47-89-75(67)53-69(61)77-5/h49-60H,9-48H2,1-8H3. The van der Waals surface area contributed by atoms with E-state index in [0.717, 1.165) is 219 Å². The molecule has 14 nitrogen and oxygen atoms in total. The Morgan fingerprint density at radius 3 is 0.622 bits per heavy atom. The van der Waals surface area contributed by atoms with Crippen molar-refractivity contribution >= 4 is 0 Å². The molecule has 4 aliphatic rings. The first-order valence-corrected chi connectivity index (χ1v) is 35.3. The summed E-state index contributed by atoms with van der Waals surface area (Å²) >= 11 is 0. The Kier molecular flexibility index (Phi) is 34.1. The molecule has 90 heavy (non-hydrogen) atoms. The van der Waals surface area contributed by atoms with Crippen LogP contribution in [0.3, 0.4) is 0 Å². The van der Waals surface area contributed by atoms with Crippen LogP contribution in [0.4, 0.5) is 0 Å². The molecule has 10 bridgehead atoms. The summed E-state index contributed by atoms with van der Waals surface area (Å²) in [6.07, 6.45) is 25.8. The molecule has 0 N–H and O–H groups in total. The van der Waals surface area contributed by atoms with Crippen molar-refractivity contribution in [2.45, 2.75) is 205 Å². The number of hydrogen-bond donors (Lipinski definition) is 0. The van der Waals surface area contributed by atoms with Crippen molar-refractivity contribution in [2.24, 2.45) is 0 Å². The predicted octanol–water partition coefficient (Wildman–Crippen LogP) is 17.6. The normalized spacial score (nSPS) is 19.1. The average molecular weight is 1250 g/mol. The molecular formula is C76H116O14. The van der Waals surface area contributed by atoms with E-state index in [4.69, 9.17) is 66.3 Å². The SMILES string of the molecule is CCCCCCCC1c2cc3c(cc2OC)OCCOCCOCCOCCOc2cc(OC)c(cc21)C(CCCCCCC)c1cc2c(OC)cc1OCCOCCOCCOCCOc1cc(OC)c(cc1C2CCCCCCC)C3CCCCCCC. The second kappa shape index (κ2) is 42.3. The smallest absolute Gasteiger partial charge is 0.126 e. The van der Waals surface area contributed by atoms with Crippen LogP contribution in [0, 0.1) is 0 Å². The van der Waals surface area contributed by atoms with Gasteiger partial charge in [0.25, 0.3) is 0 Å². The van der Waals surface area contributed by atoms with Crippen LogP contribution in [0.1, 0.15) is 250 Å². The Labute approximate surface area is 542 Å². The molecule has 4 atom stereocenters. The third-order valence-corrected chi connectivity index (χ3v) is 18.3. The zero-order chi connectivity index (χ0) is 63.4. The number of ether oxygens (including phenoxy) is 14. The zero-order valence-corrected chi connectivity index (χ0v) is 56.9. The Morgan fingerprint density at radius 2 is 0.433 bits per heavy atom. The third kappa shape index (κ3) is 22.1. The predicted molar refractivity (Wildman–Crippen MR) is 360 cm³/mol. The topological polar surface area (TPSA) is 129 Å². The van der Waals surface area contributed by atoms with Gasteiger partial charge in [-0.25, -0.2) is 0 Å². The van der Waals surface area contributed by atoms with Gasteiger partial charge in [0.1, 0.15) is 72.4 Å². The molecule has 3 heterocycles. The third-order valence-electron chi connectivity index (χ3n) is 18.3. The Hall–Kier alpha value is -4.96. The van der Waals surface area contributed by atoms with Gasteiger partial charge in [-0.15, -0.1) is 0 Å². The van der Waals surface area contributed by atoms with E-state index in [2.05, 4.69) is 76.2 Å². The van der Waals surface area contributed by atoms with Crippen LogP contribution < -0.4 is 37.9 Å². The van der Waals surface area contributed by atoms with Gasteiger partial charge in [-0.05, 0) is 49.9 Å². The summed E-state index contributed by atoms with van der Waals surface area (Å²) in [5.74, 6) is 5.41. The maximum absolute atomic E-state index is 7.10. The van der Waals surface area contributed by atoms with Crippen molar-refractivity contribution in [3.8, 4) is 46.0 Å². The van der Waals surface area contributed by atoms with Crippen molar-refractivity contribution in [3.05, 3.63) is 93.0 Å². The van der Waals surface area contributed by atoms with Crippen LogP contribution in [-0.2, 0) is 28.4 Å². The zero-order valence-electron chi connectivity index (χ0n) is 56.9. The molecule has 0 spiro atoms. The first kappa shape index (κ1) is 72.5. The van der Waals surface area contributed by atoms with Gasteiger partial charge in [0.05, 0.1) is 108 Å². The quantitative estimate of drug-likeness (QED) is 0.0395. The molecular weight excluding hydrogens is 1140 g/mol. The second-order valence-corrected chi connectivity index (χ2v) is 24.6. The van der Waals surface area contributed by atoms with Crippen LogP contribution in [0.15, 0.2) is 48.5 Å². The van der Waals surface area contributed by atoms with E-state index < -0.39 is 0 Å². The molecule has 0 amide bonds. The number of methoxy groups -OCH3 is 4. The molecule has 0 fully saturated rings. The fourth-order valence-electron chi connectivity index (χ4n) is 13.4. The molecule has 0 saturated heterocycles. The molecule has 8 rings (SSSR count). The summed E-state index contributed by atoms with van der Waals surface area (Å²) in [7, 11) is 7.21. The van der Waals surface area contributed by atoms with E-state index in [1.165, 1.54) is 25.7 Å².